The zero-order valence-electron chi connectivity index (χ0n) is 20.7. The first kappa shape index (κ1) is 24.2. The highest BCUT2D eigenvalue weighted by Crippen LogP contribution is 2.35. The number of rotatable bonds is 8. The zero-order chi connectivity index (χ0) is 25.2. The van der Waals surface area contributed by atoms with Crippen LogP contribution in [0.25, 0.3) is 33.5 Å². The summed E-state index contributed by atoms with van der Waals surface area (Å²) >= 11 is -1.25. The van der Waals surface area contributed by atoms with E-state index in [1.807, 2.05) is 94.4 Å². The largest absolute Gasteiger partial charge is 0.598 e. The third-order valence-corrected chi connectivity index (χ3v) is 7.54. The van der Waals surface area contributed by atoms with E-state index in [1.165, 1.54) is 0 Å². The topological polar surface area (TPSA) is 100 Å². The van der Waals surface area contributed by atoms with Crippen LogP contribution in [0.2, 0.25) is 0 Å². The molecular weight excluding hydrogens is 472 g/mol. The first-order valence-corrected chi connectivity index (χ1v) is 13.1. The van der Waals surface area contributed by atoms with Gasteiger partial charge in [0, 0.05) is 34.4 Å². The van der Waals surface area contributed by atoms with Gasteiger partial charge in [-0.1, -0.05) is 52.8 Å². The van der Waals surface area contributed by atoms with E-state index in [2.05, 4.69) is 15.0 Å². The minimum atomic E-state index is -1.25. The van der Waals surface area contributed by atoms with Crippen LogP contribution >= 0.6 is 0 Å². The number of benzene rings is 2. The molecule has 3 aromatic heterocycles. The first-order valence-electron chi connectivity index (χ1n) is 11.9. The van der Waals surface area contributed by atoms with Crippen LogP contribution in [-0.2, 0) is 17.8 Å². The van der Waals surface area contributed by atoms with Crippen molar-refractivity contribution in [3.05, 3.63) is 89.4 Å². The van der Waals surface area contributed by atoms with Crippen molar-refractivity contribution < 1.29 is 13.6 Å². The molecule has 2 atom stereocenters. The summed E-state index contributed by atoms with van der Waals surface area (Å²) in [6, 6.07) is 21.5. The highest BCUT2D eigenvalue weighted by Gasteiger charge is 2.26. The zero-order valence-corrected chi connectivity index (χ0v) is 21.5. The predicted molar refractivity (Wildman–Crippen MR) is 142 cm³/mol. The number of aryl methyl sites for hydroxylation is 2. The standard InChI is InChI=1S/C28H28N4O3S/c1-17(2)36(33)32-25(16-20-10-9-14-24(29-20)27-18(3)30-34-19(27)4)21-11-5-6-12-22(21)28-23-13-7-8-15-26(23)35-31-28/h5-15,17,25,32H,16H2,1-4H3/t25-,36-/m0/s1. The van der Waals surface area contributed by atoms with Gasteiger partial charge in [0.1, 0.15) is 16.7 Å². The third kappa shape index (κ3) is 4.80. The summed E-state index contributed by atoms with van der Waals surface area (Å²) in [4.78, 5) is 4.92. The quantitative estimate of drug-likeness (QED) is 0.257. The molecule has 3 heterocycles. The van der Waals surface area contributed by atoms with Crippen LogP contribution in [-0.4, -0.2) is 25.1 Å². The molecule has 0 amide bonds. The monoisotopic (exact) mass is 500 g/mol. The lowest BCUT2D eigenvalue weighted by atomic mass is 9.94. The highest BCUT2D eigenvalue weighted by atomic mass is 32.2. The van der Waals surface area contributed by atoms with Crippen LogP contribution in [0.5, 0.6) is 0 Å². The summed E-state index contributed by atoms with van der Waals surface area (Å²) in [6.07, 6.45) is 0.530. The molecule has 0 bridgehead atoms. The van der Waals surface area contributed by atoms with Crippen molar-refractivity contribution in [1.82, 2.24) is 20.0 Å². The number of pyridine rings is 1. The van der Waals surface area contributed by atoms with Gasteiger partial charge in [0.2, 0.25) is 0 Å². The Bertz CT molecular complexity index is 1470. The molecular formula is C28H28N4O3S. The Morgan fingerprint density at radius 3 is 2.47 bits per heavy atom. The molecule has 0 aliphatic rings. The SMILES string of the molecule is Cc1noc(C)c1-c1cccc(C[C@H](N[S@@+]([O-])C(C)C)c2ccccc2-c2noc3ccccc23)n1. The van der Waals surface area contributed by atoms with E-state index in [1.54, 1.807) is 0 Å². The van der Waals surface area contributed by atoms with Crippen molar-refractivity contribution in [2.24, 2.45) is 0 Å². The number of hydrogen-bond acceptors (Lipinski definition) is 7. The summed E-state index contributed by atoms with van der Waals surface area (Å²) in [5.41, 5.74) is 6.79. The number of nitrogens with one attached hydrogen (secondary N) is 1. The van der Waals surface area contributed by atoms with E-state index in [0.29, 0.717) is 6.42 Å². The minimum absolute atomic E-state index is 0.0471. The summed E-state index contributed by atoms with van der Waals surface area (Å²) in [5.74, 6) is 0.732. The molecule has 0 fully saturated rings. The lowest BCUT2D eigenvalue weighted by molar-refractivity contribution is 0.393. The first-order chi connectivity index (χ1) is 17.4. The fourth-order valence-corrected chi connectivity index (χ4v) is 5.14. The van der Waals surface area contributed by atoms with Gasteiger partial charge in [-0.3, -0.25) is 4.98 Å². The van der Waals surface area contributed by atoms with Gasteiger partial charge in [-0.2, -0.15) is 0 Å². The number of para-hydroxylation sites is 1. The molecule has 0 saturated heterocycles. The molecule has 5 rings (SSSR count). The molecule has 0 radical (unpaired) electrons. The average molecular weight is 501 g/mol. The van der Waals surface area contributed by atoms with Gasteiger partial charge in [0.05, 0.1) is 23.0 Å². The van der Waals surface area contributed by atoms with Crippen LogP contribution in [0.15, 0.2) is 75.8 Å². The van der Waals surface area contributed by atoms with E-state index < -0.39 is 11.4 Å². The molecule has 184 valence electrons. The molecule has 0 aliphatic carbocycles. The molecule has 7 nitrogen and oxygen atoms in total. The fraction of sp³-hybridized carbons (Fsp3) is 0.250. The van der Waals surface area contributed by atoms with E-state index in [4.69, 9.17) is 14.0 Å². The number of fused-ring (bicyclic) bond motifs is 1. The van der Waals surface area contributed by atoms with E-state index in [0.717, 1.165) is 56.2 Å². The third-order valence-electron chi connectivity index (χ3n) is 6.16. The Labute approximate surface area is 213 Å². The highest BCUT2D eigenvalue weighted by molar-refractivity contribution is 7.90. The maximum atomic E-state index is 13.0. The minimum Gasteiger partial charge on any atom is -0.598 e. The van der Waals surface area contributed by atoms with Crippen molar-refractivity contribution in [2.75, 3.05) is 0 Å². The molecule has 0 aliphatic heterocycles. The van der Waals surface area contributed by atoms with E-state index in [-0.39, 0.29) is 11.3 Å². The van der Waals surface area contributed by atoms with Crippen molar-refractivity contribution in [3.8, 4) is 22.5 Å². The fourth-order valence-electron chi connectivity index (χ4n) is 4.38. The average Bonchev–Trinajstić information content (AvgIpc) is 3.46. The normalized spacial score (nSPS) is 13.4. The van der Waals surface area contributed by atoms with Gasteiger partial charge < -0.3 is 13.6 Å². The maximum absolute atomic E-state index is 13.0. The second-order valence-corrected chi connectivity index (χ2v) is 10.8. The predicted octanol–water partition coefficient (Wildman–Crippen LogP) is 6.11. The van der Waals surface area contributed by atoms with E-state index >= 15 is 0 Å². The molecule has 0 spiro atoms. The van der Waals surface area contributed by atoms with Crippen LogP contribution in [0.4, 0.5) is 0 Å². The van der Waals surface area contributed by atoms with Crippen LogP contribution in [0.3, 0.4) is 0 Å². The number of hydrogen-bond donors (Lipinski definition) is 1. The second-order valence-electron chi connectivity index (χ2n) is 9.05. The summed E-state index contributed by atoms with van der Waals surface area (Å²) in [6.45, 7) is 7.67. The Balaban J connectivity index is 1.56. The van der Waals surface area contributed by atoms with Crippen LogP contribution in [0, 0.1) is 13.8 Å². The van der Waals surface area contributed by atoms with Crippen LogP contribution in [0.1, 0.15) is 42.6 Å². The molecule has 1 N–H and O–H groups in total. The Hall–Kier alpha value is -3.46. The Kier molecular flexibility index (Phi) is 6.91. The van der Waals surface area contributed by atoms with Crippen molar-refractivity contribution in [3.63, 3.8) is 0 Å². The van der Waals surface area contributed by atoms with Gasteiger partial charge >= 0.3 is 0 Å². The molecule has 0 unspecified atom stereocenters. The van der Waals surface area contributed by atoms with Crippen molar-refractivity contribution in [1.29, 1.82) is 0 Å². The Morgan fingerprint density at radius 1 is 0.917 bits per heavy atom. The summed E-state index contributed by atoms with van der Waals surface area (Å²) < 4.78 is 27.3. The van der Waals surface area contributed by atoms with Gasteiger partial charge in [-0.15, -0.1) is 4.72 Å². The second kappa shape index (κ2) is 10.3. The Morgan fingerprint density at radius 2 is 1.69 bits per heavy atom. The molecule has 36 heavy (non-hydrogen) atoms. The molecule has 5 aromatic rings. The number of aromatic nitrogens is 3. The van der Waals surface area contributed by atoms with Gasteiger partial charge in [-0.25, -0.2) is 0 Å². The summed E-state index contributed by atoms with van der Waals surface area (Å²) in [7, 11) is 0. The molecule has 0 saturated carbocycles. The van der Waals surface area contributed by atoms with Crippen LogP contribution < -0.4 is 4.72 Å². The lowest BCUT2D eigenvalue weighted by Crippen LogP contribution is -2.35. The smallest absolute Gasteiger partial charge is 0.167 e. The number of nitrogens with zero attached hydrogens (tertiary/aromatic N) is 3. The van der Waals surface area contributed by atoms with Crippen molar-refractivity contribution >= 4 is 22.3 Å². The lowest BCUT2D eigenvalue weighted by Gasteiger charge is -2.24. The van der Waals surface area contributed by atoms with Gasteiger partial charge in [0.15, 0.2) is 5.58 Å². The van der Waals surface area contributed by atoms with E-state index in [9.17, 15) is 4.55 Å². The van der Waals surface area contributed by atoms with Gasteiger partial charge in [0.25, 0.3) is 0 Å². The molecule has 8 heteroatoms. The maximum Gasteiger partial charge on any atom is 0.167 e. The summed E-state index contributed by atoms with van der Waals surface area (Å²) in [5, 5.41) is 9.35. The van der Waals surface area contributed by atoms with Crippen molar-refractivity contribution in [2.45, 2.75) is 45.4 Å². The molecule has 2 aromatic carbocycles. The van der Waals surface area contributed by atoms with Gasteiger partial charge in [-0.05, 0) is 57.5 Å².